The van der Waals surface area contributed by atoms with Crippen LogP contribution < -0.4 is 4.74 Å². The molecular formula is C15H12O5. The summed E-state index contributed by atoms with van der Waals surface area (Å²) in [7, 11) is 0. The molecule has 0 amide bonds. The highest BCUT2D eigenvalue weighted by atomic mass is 16.6. The first-order chi connectivity index (χ1) is 9.54. The molecule has 3 N–H and O–H groups in total. The topological polar surface area (TPSA) is 87.0 Å². The van der Waals surface area contributed by atoms with Gasteiger partial charge in [0.25, 0.3) is 5.79 Å². The maximum Gasteiger partial charge on any atom is 0.272 e. The molecule has 0 aliphatic carbocycles. The molecule has 1 aliphatic rings. The van der Waals surface area contributed by atoms with E-state index in [2.05, 4.69) is 0 Å². The van der Waals surface area contributed by atoms with Crippen molar-refractivity contribution < 1.29 is 24.9 Å². The van der Waals surface area contributed by atoms with E-state index in [1.54, 1.807) is 24.3 Å². The van der Waals surface area contributed by atoms with Crippen LogP contribution in [0.4, 0.5) is 0 Å². The van der Waals surface area contributed by atoms with Crippen LogP contribution >= 0.6 is 0 Å². The predicted octanol–water partition coefficient (Wildman–Crippen LogP) is 1.17. The maximum absolute atomic E-state index is 12.1. The number of hydrogen-bond donors (Lipinski definition) is 3. The average molecular weight is 272 g/mol. The van der Waals surface area contributed by atoms with Crippen LogP contribution in [0.1, 0.15) is 15.9 Å². The smallest absolute Gasteiger partial charge is 0.272 e. The Labute approximate surface area is 114 Å². The van der Waals surface area contributed by atoms with Crippen molar-refractivity contribution in [2.45, 2.75) is 11.9 Å². The van der Waals surface area contributed by atoms with Crippen LogP contribution in [0.5, 0.6) is 11.5 Å². The Kier molecular flexibility index (Phi) is 2.74. The highest BCUT2D eigenvalue weighted by molar-refractivity contribution is 6.03. The highest BCUT2D eigenvalue weighted by Gasteiger charge is 2.50. The van der Waals surface area contributed by atoms with E-state index in [-0.39, 0.29) is 22.6 Å². The van der Waals surface area contributed by atoms with E-state index < -0.39 is 17.7 Å². The summed E-state index contributed by atoms with van der Waals surface area (Å²) in [5.74, 6) is -3.07. The molecule has 3 rings (SSSR count). The number of hydrogen-bond acceptors (Lipinski definition) is 5. The second kappa shape index (κ2) is 4.33. The third kappa shape index (κ3) is 1.68. The molecule has 102 valence electrons. The van der Waals surface area contributed by atoms with Gasteiger partial charge in [-0.3, -0.25) is 4.79 Å². The Morgan fingerprint density at radius 1 is 1.05 bits per heavy atom. The van der Waals surface area contributed by atoms with E-state index in [0.29, 0.717) is 0 Å². The third-order valence-corrected chi connectivity index (χ3v) is 3.33. The summed E-state index contributed by atoms with van der Waals surface area (Å²) in [6.07, 6.45) is -1.81. The van der Waals surface area contributed by atoms with E-state index in [1.165, 1.54) is 24.3 Å². The largest absolute Gasteiger partial charge is 0.507 e. The van der Waals surface area contributed by atoms with Gasteiger partial charge >= 0.3 is 0 Å². The van der Waals surface area contributed by atoms with Crippen LogP contribution in [-0.4, -0.2) is 27.2 Å². The molecule has 0 spiro atoms. The number of aliphatic hydroxyl groups is 2. The summed E-state index contributed by atoms with van der Waals surface area (Å²) in [5, 5.41) is 30.5. The van der Waals surface area contributed by atoms with Gasteiger partial charge in [-0.05, 0) is 24.3 Å². The van der Waals surface area contributed by atoms with Gasteiger partial charge in [-0.15, -0.1) is 0 Å². The van der Waals surface area contributed by atoms with Crippen molar-refractivity contribution in [3.8, 4) is 11.5 Å². The molecule has 0 saturated carbocycles. The van der Waals surface area contributed by atoms with Crippen molar-refractivity contribution in [2.24, 2.45) is 0 Å². The van der Waals surface area contributed by atoms with Gasteiger partial charge in [0.05, 0.1) is 11.1 Å². The molecule has 2 atom stereocenters. The molecule has 2 aromatic rings. The van der Waals surface area contributed by atoms with Gasteiger partial charge in [0.2, 0.25) is 5.78 Å². The molecule has 2 unspecified atom stereocenters. The standard InChI is InChI=1S/C15H12O5/c16-11-7-3-2-6-10(11)15(19)14(18)13(17)9-5-1-4-8-12(9)20-15/h1-8,14,16,18-19H. The van der Waals surface area contributed by atoms with Crippen molar-refractivity contribution in [2.75, 3.05) is 0 Å². The van der Waals surface area contributed by atoms with Crippen LogP contribution in [0, 0.1) is 0 Å². The zero-order chi connectivity index (χ0) is 14.3. The number of ketones is 1. The number of para-hydroxylation sites is 2. The van der Waals surface area contributed by atoms with Gasteiger partial charge in [0.15, 0.2) is 6.10 Å². The van der Waals surface area contributed by atoms with Crippen molar-refractivity contribution in [3.63, 3.8) is 0 Å². The van der Waals surface area contributed by atoms with Gasteiger partial charge in [0.1, 0.15) is 11.5 Å². The quantitative estimate of drug-likeness (QED) is 0.725. The number of benzene rings is 2. The maximum atomic E-state index is 12.1. The monoisotopic (exact) mass is 272 g/mol. The van der Waals surface area contributed by atoms with E-state index in [0.717, 1.165) is 0 Å². The zero-order valence-corrected chi connectivity index (χ0v) is 10.4. The Morgan fingerprint density at radius 2 is 1.70 bits per heavy atom. The molecule has 0 radical (unpaired) electrons. The number of rotatable bonds is 1. The Hall–Kier alpha value is -2.37. The first-order valence-corrected chi connectivity index (χ1v) is 6.05. The van der Waals surface area contributed by atoms with Crippen molar-refractivity contribution in [1.29, 1.82) is 0 Å². The van der Waals surface area contributed by atoms with E-state index in [1.807, 2.05) is 0 Å². The predicted molar refractivity (Wildman–Crippen MR) is 69.4 cm³/mol. The normalized spacial score (nSPS) is 24.9. The molecule has 0 aromatic heterocycles. The molecule has 0 bridgehead atoms. The van der Waals surface area contributed by atoms with Gasteiger partial charge in [-0.25, -0.2) is 0 Å². The average Bonchev–Trinajstić information content (AvgIpc) is 2.45. The summed E-state index contributed by atoms with van der Waals surface area (Å²) in [4.78, 5) is 12.1. The molecule has 5 nitrogen and oxygen atoms in total. The van der Waals surface area contributed by atoms with Crippen LogP contribution in [0.2, 0.25) is 0 Å². The van der Waals surface area contributed by atoms with Gasteiger partial charge in [-0.2, -0.15) is 0 Å². The Morgan fingerprint density at radius 3 is 2.45 bits per heavy atom. The lowest BCUT2D eigenvalue weighted by molar-refractivity contribution is -0.204. The molecule has 0 fully saturated rings. The fourth-order valence-corrected chi connectivity index (χ4v) is 2.29. The van der Waals surface area contributed by atoms with Crippen molar-refractivity contribution >= 4 is 5.78 Å². The number of phenolic OH excluding ortho intramolecular Hbond substituents is 1. The fraction of sp³-hybridized carbons (Fsp3) is 0.133. The number of phenols is 1. The lowest BCUT2D eigenvalue weighted by Crippen LogP contribution is -2.52. The van der Waals surface area contributed by atoms with Crippen LogP contribution in [0.15, 0.2) is 48.5 Å². The minimum atomic E-state index is -2.31. The molecule has 1 heterocycles. The number of carbonyl (C=O) groups is 1. The minimum Gasteiger partial charge on any atom is -0.507 e. The number of aromatic hydroxyl groups is 1. The number of fused-ring (bicyclic) bond motifs is 1. The van der Waals surface area contributed by atoms with Crippen molar-refractivity contribution in [3.05, 3.63) is 59.7 Å². The molecule has 1 aliphatic heterocycles. The highest BCUT2D eigenvalue weighted by Crippen LogP contribution is 2.40. The Bertz CT molecular complexity index is 681. The number of carbonyl (C=O) groups excluding carboxylic acids is 1. The van der Waals surface area contributed by atoms with Crippen LogP contribution in [-0.2, 0) is 5.79 Å². The van der Waals surface area contributed by atoms with Gasteiger partial charge < -0.3 is 20.1 Å². The molecule has 5 heteroatoms. The molecule has 0 saturated heterocycles. The first-order valence-electron chi connectivity index (χ1n) is 6.05. The Balaban J connectivity index is 2.17. The van der Waals surface area contributed by atoms with Crippen LogP contribution in [0.25, 0.3) is 0 Å². The summed E-state index contributed by atoms with van der Waals surface area (Å²) < 4.78 is 5.39. The summed E-state index contributed by atoms with van der Waals surface area (Å²) in [6.45, 7) is 0. The second-order valence-corrected chi connectivity index (χ2v) is 4.58. The molecule has 20 heavy (non-hydrogen) atoms. The second-order valence-electron chi connectivity index (χ2n) is 4.58. The number of aliphatic hydroxyl groups excluding tert-OH is 1. The number of Topliss-reactive ketones (excluding diaryl/α,β-unsaturated/α-hetero) is 1. The van der Waals surface area contributed by atoms with Gasteiger partial charge in [-0.1, -0.05) is 24.3 Å². The third-order valence-electron chi connectivity index (χ3n) is 3.33. The van der Waals surface area contributed by atoms with E-state index >= 15 is 0 Å². The first kappa shape index (κ1) is 12.7. The van der Waals surface area contributed by atoms with Crippen LogP contribution in [0.3, 0.4) is 0 Å². The molecular weight excluding hydrogens is 260 g/mol. The van der Waals surface area contributed by atoms with Gasteiger partial charge in [0, 0.05) is 0 Å². The lowest BCUT2D eigenvalue weighted by atomic mass is 9.90. The fourth-order valence-electron chi connectivity index (χ4n) is 2.29. The van der Waals surface area contributed by atoms with E-state index in [9.17, 15) is 20.1 Å². The van der Waals surface area contributed by atoms with Crippen molar-refractivity contribution in [1.82, 2.24) is 0 Å². The van der Waals surface area contributed by atoms with E-state index in [4.69, 9.17) is 4.74 Å². The SMILES string of the molecule is O=C1c2ccccc2OC(O)(c2ccccc2O)C1O. The zero-order valence-electron chi connectivity index (χ0n) is 10.4. The minimum absolute atomic E-state index is 0.0599. The summed E-state index contributed by atoms with van der Waals surface area (Å²) in [5.41, 5.74) is 0.135. The lowest BCUT2D eigenvalue weighted by Gasteiger charge is -2.37. The summed E-state index contributed by atoms with van der Waals surface area (Å²) in [6, 6.07) is 12.2. The summed E-state index contributed by atoms with van der Waals surface area (Å²) >= 11 is 0. The molecule has 2 aromatic carbocycles. The number of ether oxygens (including phenoxy) is 1.